The van der Waals surface area contributed by atoms with Gasteiger partial charge in [-0.25, -0.2) is 0 Å². The fourth-order valence-electron chi connectivity index (χ4n) is 2.53. The van der Waals surface area contributed by atoms with Crippen LogP contribution >= 0.6 is 0 Å². The minimum absolute atomic E-state index is 0.0359. The Bertz CT molecular complexity index is 665. The van der Waals surface area contributed by atoms with Gasteiger partial charge in [0.05, 0.1) is 0 Å². The molecule has 2 aromatic rings. The van der Waals surface area contributed by atoms with Crippen LogP contribution in [0.1, 0.15) is 28.4 Å². The van der Waals surface area contributed by atoms with Crippen LogP contribution < -0.4 is 0 Å². The molecule has 0 saturated carbocycles. The van der Waals surface area contributed by atoms with Gasteiger partial charge in [0.2, 0.25) is 0 Å². The van der Waals surface area contributed by atoms with Gasteiger partial charge in [-0.1, -0.05) is 43.0 Å². The van der Waals surface area contributed by atoms with Crippen LogP contribution in [0.3, 0.4) is 0 Å². The van der Waals surface area contributed by atoms with Crippen molar-refractivity contribution in [1.82, 2.24) is 0 Å². The summed E-state index contributed by atoms with van der Waals surface area (Å²) in [5.74, 6) is 0.0359. The molecule has 3 rings (SSSR count). The topological polar surface area (TPSA) is 17.1 Å². The molecule has 1 nitrogen and oxygen atoms in total. The number of allylic oxidation sites excluding steroid dienone is 1. The van der Waals surface area contributed by atoms with Crippen LogP contribution in [0.2, 0.25) is 0 Å². The highest BCUT2D eigenvalue weighted by Gasteiger charge is 2.19. The van der Waals surface area contributed by atoms with E-state index in [9.17, 15) is 4.79 Å². The average Bonchev–Trinajstić information content (AvgIpc) is 2.75. The first-order valence-corrected chi connectivity index (χ1v) is 6.08. The van der Waals surface area contributed by atoms with E-state index < -0.39 is 0 Å². The van der Waals surface area contributed by atoms with Crippen molar-refractivity contribution in [3.05, 3.63) is 71.3 Å². The van der Waals surface area contributed by atoms with E-state index in [0.717, 1.165) is 12.0 Å². The maximum absolute atomic E-state index is 11.9. The van der Waals surface area contributed by atoms with Crippen LogP contribution in [-0.2, 0) is 6.42 Å². The van der Waals surface area contributed by atoms with Crippen LogP contribution in [0.25, 0.3) is 11.1 Å². The van der Waals surface area contributed by atoms with E-state index >= 15 is 0 Å². The molecule has 0 atom stereocenters. The Hall–Kier alpha value is -2.15. The van der Waals surface area contributed by atoms with E-state index in [1.807, 2.05) is 12.1 Å². The molecule has 2 aromatic carbocycles. The van der Waals surface area contributed by atoms with Gasteiger partial charge in [0.25, 0.3) is 0 Å². The summed E-state index contributed by atoms with van der Waals surface area (Å²) in [7, 11) is 0. The van der Waals surface area contributed by atoms with Crippen molar-refractivity contribution in [2.45, 2.75) is 13.3 Å². The molecule has 1 heteroatoms. The lowest BCUT2D eigenvalue weighted by Crippen LogP contribution is -2.00. The van der Waals surface area contributed by atoms with Crippen LogP contribution in [-0.4, -0.2) is 5.78 Å². The third-order valence-corrected chi connectivity index (χ3v) is 3.44. The van der Waals surface area contributed by atoms with E-state index in [2.05, 4.69) is 36.9 Å². The molecule has 88 valence electrons. The SMILES string of the molecule is C=C(C)C(=O)c1ccc2c(c1)Cc1ccccc1-2. The molecule has 1 aliphatic carbocycles. The van der Waals surface area contributed by atoms with Gasteiger partial charge in [-0.15, -0.1) is 0 Å². The van der Waals surface area contributed by atoms with Crippen molar-refractivity contribution in [2.24, 2.45) is 0 Å². The number of hydrogen-bond acceptors (Lipinski definition) is 1. The molecule has 0 aliphatic heterocycles. The molecular weight excluding hydrogens is 220 g/mol. The molecule has 0 amide bonds. The smallest absolute Gasteiger partial charge is 0.188 e. The number of carbonyl (C=O) groups excluding carboxylic acids is 1. The lowest BCUT2D eigenvalue weighted by molar-refractivity contribution is 0.103. The Kier molecular flexibility index (Phi) is 2.41. The van der Waals surface area contributed by atoms with Gasteiger partial charge in [-0.2, -0.15) is 0 Å². The fourth-order valence-corrected chi connectivity index (χ4v) is 2.53. The Morgan fingerprint density at radius 2 is 1.78 bits per heavy atom. The molecule has 18 heavy (non-hydrogen) atoms. The Morgan fingerprint density at radius 3 is 2.56 bits per heavy atom. The first kappa shape index (κ1) is 11.0. The molecule has 0 heterocycles. The molecule has 0 fully saturated rings. The van der Waals surface area contributed by atoms with Crippen molar-refractivity contribution in [1.29, 1.82) is 0 Å². The molecule has 0 N–H and O–H groups in total. The number of hydrogen-bond donors (Lipinski definition) is 0. The summed E-state index contributed by atoms with van der Waals surface area (Å²) in [4.78, 5) is 11.9. The first-order chi connectivity index (χ1) is 8.66. The van der Waals surface area contributed by atoms with E-state index in [4.69, 9.17) is 0 Å². The fraction of sp³-hybridized carbons (Fsp3) is 0.118. The molecule has 0 aromatic heterocycles. The number of benzene rings is 2. The summed E-state index contributed by atoms with van der Waals surface area (Å²) in [6.07, 6.45) is 0.919. The predicted octanol–water partition coefficient (Wildman–Crippen LogP) is 4.02. The van der Waals surface area contributed by atoms with E-state index in [0.29, 0.717) is 5.57 Å². The van der Waals surface area contributed by atoms with Crippen LogP contribution in [0.4, 0.5) is 0 Å². The van der Waals surface area contributed by atoms with Gasteiger partial charge < -0.3 is 0 Å². The first-order valence-electron chi connectivity index (χ1n) is 6.08. The summed E-state index contributed by atoms with van der Waals surface area (Å²) in [6, 6.07) is 14.4. The normalized spacial score (nSPS) is 11.8. The van der Waals surface area contributed by atoms with E-state index in [1.165, 1.54) is 22.3 Å². The molecule has 0 radical (unpaired) electrons. The zero-order valence-electron chi connectivity index (χ0n) is 10.4. The van der Waals surface area contributed by atoms with Gasteiger partial charge in [0, 0.05) is 5.56 Å². The van der Waals surface area contributed by atoms with Crippen LogP contribution in [0.5, 0.6) is 0 Å². The quantitative estimate of drug-likeness (QED) is 0.483. The zero-order chi connectivity index (χ0) is 12.7. The number of Topliss-reactive ketones (excluding diaryl/α,β-unsaturated/α-hetero) is 1. The summed E-state index contributed by atoms with van der Waals surface area (Å²) in [6.45, 7) is 5.47. The molecule has 1 aliphatic rings. The van der Waals surface area contributed by atoms with E-state index in [1.54, 1.807) is 6.92 Å². The average molecular weight is 234 g/mol. The van der Waals surface area contributed by atoms with Crippen molar-refractivity contribution in [3.8, 4) is 11.1 Å². The van der Waals surface area contributed by atoms with Crippen molar-refractivity contribution >= 4 is 5.78 Å². The molecule has 0 unspecified atom stereocenters. The number of rotatable bonds is 2. The van der Waals surface area contributed by atoms with Crippen LogP contribution in [0, 0.1) is 0 Å². The molecule has 0 bridgehead atoms. The van der Waals surface area contributed by atoms with Crippen molar-refractivity contribution in [3.63, 3.8) is 0 Å². The lowest BCUT2D eigenvalue weighted by Gasteiger charge is -2.04. The minimum atomic E-state index is 0.0359. The highest BCUT2D eigenvalue weighted by molar-refractivity contribution is 6.08. The van der Waals surface area contributed by atoms with E-state index in [-0.39, 0.29) is 5.78 Å². The van der Waals surface area contributed by atoms with Crippen molar-refractivity contribution < 1.29 is 4.79 Å². The Labute approximate surface area is 107 Å². The Balaban J connectivity index is 2.09. The number of ketones is 1. The molecule has 0 spiro atoms. The largest absolute Gasteiger partial charge is 0.289 e. The highest BCUT2D eigenvalue weighted by Crippen LogP contribution is 2.36. The lowest BCUT2D eigenvalue weighted by atomic mass is 9.99. The summed E-state index contributed by atoms with van der Waals surface area (Å²) >= 11 is 0. The standard InChI is InChI=1S/C17H14O/c1-11(2)17(18)13-7-8-16-14(10-13)9-12-5-3-4-6-15(12)16/h3-8,10H,1,9H2,2H3. The monoisotopic (exact) mass is 234 g/mol. The zero-order valence-corrected chi connectivity index (χ0v) is 10.4. The highest BCUT2D eigenvalue weighted by atomic mass is 16.1. The van der Waals surface area contributed by atoms with Gasteiger partial charge >= 0.3 is 0 Å². The predicted molar refractivity (Wildman–Crippen MR) is 73.8 cm³/mol. The Morgan fingerprint density at radius 1 is 1.06 bits per heavy atom. The third-order valence-electron chi connectivity index (χ3n) is 3.44. The number of carbonyl (C=O) groups is 1. The third kappa shape index (κ3) is 1.60. The van der Waals surface area contributed by atoms with Gasteiger partial charge in [-0.05, 0) is 47.2 Å². The molecular formula is C17H14O. The maximum atomic E-state index is 11.9. The second kappa shape index (κ2) is 3.95. The number of fused-ring (bicyclic) bond motifs is 3. The summed E-state index contributed by atoms with van der Waals surface area (Å²) in [5.41, 5.74) is 6.46. The van der Waals surface area contributed by atoms with Gasteiger partial charge in [0.1, 0.15) is 0 Å². The minimum Gasteiger partial charge on any atom is -0.289 e. The van der Waals surface area contributed by atoms with Crippen LogP contribution in [0.15, 0.2) is 54.6 Å². The maximum Gasteiger partial charge on any atom is 0.188 e. The second-order valence-corrected chi connectivity index (χ2v) is 4.82. The summed E-state index contributed by atoms with van der Waals surface area (Å²) < 4.78 is 0. The second-order valence-electron chi connectivity index (χ2n) is 4.82. The van der Waals surface area contributed by atoms with Crippen molar-refractivity contribution in [2.75, 3.05) is 0 Å². The molecule has 0 saturated heterocycles. The van der Waals surface area contributed by atoms with Gasteiger partial charge in [0.15, 0.2) is 5.78 Å². The van der Waals surface area contributed by atoms with Gasteiger partial charge in [-0.3, -0.25) is 4.79 Å². The summed E-state index contributed by atoms with van der Waals surface area (Å²) in [5, 5.41) is 0.